The van der Waals surface area contributed by atoms with Crippen LogP contribution in [0.25, 0.3) is 117 Å². The lowest BCUT2D eigenvalue weighted by Crippen LogP contribution is -2.61. The van der Waals surface area contributed by atoms with Crippen LogP contribution in [0, 0.1) is 6.92 Å². The molecule has 5 nitrogen and oxygen atoms in total. The maximum atomic E-state index is 5.29. The van der Waals surface area contributed by atoms with Gasteiger partial charge in [0.2, 0.25) is 0 Å². The van der Waals surface area contributed by atoms with Crippen molar-refractivity contribution < 1.29 is 0 Å². The standard InChI is InChI=1S/C89H60BN5/c1-59-36-37-71(89-91-79(66-30-16-6-17-31-66)58-80(92-89)67-32-18-7-19-33-67)55-85(59)95-81-35-21-20-34-75(81)76-52-68(42-49-82(76)95)72-56-86-88-87(57-72)94(74-47-40-65(41-48-74)61-24-10-3-11-25-61)84-51-44-70(63-28-14-5-15-29-63)54-78(84)90(88)77-53-69(62-26-12-4-13-27-62)43-50-83(77)93(86)73-45-38-64(39-46-73)60-22-8-2-9-23-60/h2-58H,1H3. The molecule has 0 saturated carbocycles. The number of nitrogens with zero attached hydrogens (tertiary/aromatic N) is 5. The van der Waals surface area contributed by atoms with Crippen molar-refractivity contribution in [3.8, 4) is 95.2 Å². The number of fused-ring (bicyclic) bond motifs is 7. The summed E-state index contributed by atoms with van der Waals surface area (Å²) in [6.45, 7) is 2.07. The van der Waals surface area contributed by atoms with Gasteiger partial charge in [-0.1, -0.05) is 267 Å². The van der Waals surface area contributed by atoms with E-state index >= 15 is 0 Å². The van der Waals surface area contributed by atoms with Gasteiger partial charge in [-0.2, -0.15) is 0 Å². The molecule has 16 aromatic rings. The summed E-state index contributed by atoms with van der Waals surface area (Å²) >= 11 is 0. The Morgan fingerprint density at radius 2 is 0.621 bits per heavy atom. The summed E-state index contributed by atoms with van der Waals surface area (Å²) < 4.78 is 2.44. The molecule has 0 amide bonds. The van der Waals surface area contributed by atoms with E-state index in [0.717, 1.165) is 95.6 Å². The average Bonchev–Trinajstić information content (AvgIpc) is 1.11. The van der Waals surface area contributed by atoms with Crippen LogP contribution in [-0.2, 0) is 0 Å². The molecule has 0 atom stereocenters. The minimum atomic E-state index is -0.137. The normalized spacial score (nSPS) is 12.2. The second-order valence-corrected chi connectivity index (χ2v) is 24.9. The summed E-state index contributed by atoms with van der Waals surface area (Å²) in [5.74, 6) is 0.675. The number of rotatable bonds is 11. The number of aromatic nitrogens is 3. The lowest BCUT2D eigenvalue weighted by molar-refractivity contribution is 1.14. The molecule has 0 radical (unpaired) electrons. The van der Waals surface area contributed by atoms with Gasteiger partial charge in [-0.05, 0) is 163 Å². The van der Waals surface area contributed by atoms with Crippen LogP contribution in [0.1, 0.15) is 5.56 Å². The van der Waals surface area contributed by atoms with Crippen LogP contribution in [0.4, 0.5) is 34.1 Å². The van der Waals surface area contributed by atoms with Gasteiger partial charge in [-0.25, -0.2) is 9.97 Å². The largest absolute Gasteiger partial charge is 0.311 e. The van der Waals surface area contributed by atoms with Gasteiger partial charge in [0.25, 0.3) is 6.71 Å². The Kier molecular flexibility index (Phi) is 13.5. The maximum Gasteiger partial charge on any atom is 0.252 e. The lowest BCUT2D eigenvalue weighted by Gasteiger charge is -2.44. The quantitative estimate of drug-likeness (QED) is 0.121. The molecule has 0 spiro atoms. The van der Waals surface area contributed by atoms with E-state index in [9.17, 15) is 0 Å². The zero-order chi connectivity index (χ0) is 62.9. The maximum absolute atomic E-state index is 5.29. The van der Waals surface area contributed by atoms with Crippen molar-refractivity contribution in [3.63, 3.8) is 0 Å². The summed E-state index contributed by atoms with van der Waals surface area (Å²) in [7, 11) is 0. The van der Waals surface area contributed by atoms with Gasteiger partial charge >= 0.3 is 0 Å². The molecule has 0 bridgehead atoms. The van der Waals surface area contributed by atoms with Crippen molar-refractivity contribution in [3.05, 3.63) is 351 Å². The van der Waals surface area contributed by atoms with Crippen LogP contribution in [0.2, 0.25) is 0 Å². The third kappa shape index (κ3) is 9.73. The number of benzene rings is 14. The lowest BCUT2D eigenvalue weighted by atomic mass is 9.33. The van der Waals surface area contributed by atoms with Crippen LogP contribution in [0.3, 0.4) is 0 Å². The number of hydrogen-bond donors (Lipinski definition) is 0. The fraction of sp³-hybridized carbons (Fsp3) is 0.0112. The van der Waals surface area contributed by atoms with Crippen LogP contribution in [0.5, 0.6) is 0 Å². The molecule has 4 heterocycles. The predicted octanol–water partition coefficient (Wildman–Crippen LogP) is 21.3. The third-order valence-electron chi connectivity index (χ3n) is 19.3. The summed E-state index contributed by atoms with van der Waals surface area (Å²) in [6, 6.07) is 126. The Balaban J connectivity index is 0.862. The van der Waals surface area contributed by atoms with Gasteiger partial charge in [0.1, 0.15) is 0 Å². The molecular formula is C89H60BN5. The second-order valence-electron chi connectivity index (χ2n) is 24.9. The SMILES string of the molecule is Cc1ccc(-c2nc(-c3ccccc3)cc(-c3ccccc3)n2)cc1-n1c2ccccc2c2cc(-c3cc4c5c(c3)N(c3ccc(-c6ccccc6)cc3)c3ccc(-c6ccccc6)cc3B5c3cc(-c5ccccc5)ccc3N4c3ccc(-c4ccccc4)cc3)ccc21. The van der Waals surface area contributed by atoms with Crippen molar-refractivity contribution >= 4 is 79.0 Å². The van der Waals surface area contributed by atoms with Crippen LogP contribution in [-0.4, -0.2) is 21.2 Å². The first-order valence-electron chi connectivity index (χ1n) is 32.6. The van der Waals surface area contributed by atoms with Crippen molar-refractivity contribution in [1.82, 2.24) is 14.5 Å². The highest BCUT2D eigenvalue weighted by Gasteiger charge is 2.44. The molecule has 95 heavy (non-hydrogen) atoms. The minimum Gasteiger partial charge on any atom is -0.311 e. The number of para-hydroxylation sites is 1. The van der Waals surface area contributed by atoms with Crippen LogP contribution >= 0.6 is 0 Å². The Bertz CT molecular complexity index is 5330. The molecule has 0 N–H and O–H groups in total. The zero-order valence-corrected chi connectivity index (χ0v) is 52.2. The first kappa shape index (κ1) is 55.5. The van der Waals surface area contributed by atoms with E-state index in [2.05, 4.69) is 355 Å². The molecule has 2 aliphatic rings. The number of aryl methyl sites for hydroxylation is 1. The van der Waals surface area contributed by atoms with E-state index < -0.39 is 0 Å². The first-order valence-corrected chi connectivity index (χ1v) is 32.6. The van der Waals surface area contributed by atoms with Crippen molar-refractivity contribution in [2.75, 3.05) is 9.80 Å². The van der Waals surface area contributed by atoms with Gasteiger partial charge in [0.05, 0.1) is 22.4 Å². The summed E-state index contributed by atoms with van der Waals surface area (Å²) in [5, 5.41) is 2.34. The van der Waals surface area contributed by atoms with Crippen LogP contribution < -0.4 is 26.2 Å². The van der Waals surface area contributed by atoms with E-state index in [1.165, 1.54) is 71.7 Å². The summed E-state index contributed by atoms with van der Waals surface area (Å²) in [4.78, 5) is 15.7. The molecular weight excluding hydrogens is 1150 g/mol. The third-order valence-corrected chi connectivity index (χ3v) is 19.3. The molecule has 2 aliphatic heterocycles. The minimum absolute atomic E-state index is 0.137. The van der Waals surface area contributed by atoms with Gasteiger partial charge in [-0.3, -0.25) is 0 Å². The predicted molar refractivity (Wildman–Crippen MR) is 399 cm³/mol. The fourth-order valence-corrected chi connectivity index (χ4v) is 14.7. The molecule has 0 saturated heterocycles. The Morgan fingerprint density at radius 1 is 0.253 bits per heavy atom. The monoisotopic (exact) mass is 1210 g/mol. The molecule has 18 rings (SSSR count). The molecule has 14 aromatic carbocycles. The van der Waals surface area contributed by atoms with E-state index in [-0.39, 0.29) is 6.71 Å². The average molecular weight is 1210 g/mol. The molecule has 0 unspecified atom stereocenters. The van der Waals surface area contributed by atoms with E-state index in [4.69, 9.17) is 9.97 Å². The highest BCUT2D eigenvalue weighted by Crippen LogP contribution is 2.49. The number of hydrogen-bond acceptors (Lipinski definition) is 4. The summed E-state index contributed by atoms with van der Waals surface area (Å²) in [6.07, 6.45) is 0. The highest BCUT2D eigenvalue weighted by molar-refractivity contribution is 7.00. The van der Waals surface area contributed by atoms with E-state index in [1.54, 1.807) is 0 Å². The van der Waals surface area contributed by atoms with Crippen molar-refractivity contribution in [2.45, 2.75) is 6.92 Å². The Hall–Kier alpha value is -12.4. The fourth-order valence-electron chi connectivity index (χ4n) is 14.7. The highest BCUT2D eigenvalue weighted by atomic mass is 15.2. The topological polar surface area (TPSA) is 37.2 Å². The Labute approximate surface area is 553 Å². The molecule has 0 fully saturated rings. The van der Waals surface area contributed by atoms with Crippen molar-refractivity contribution in [2.24, 2.45) is 0 Å². The van der Waals surface area contributed by atoms with Gasteiger partial charge in [0.15, 0.2) is 5.82 Å². The zero-order valence-electron chi connectivity index (χ0n) is 52.2. The number of anilines is 6. The van der Waals surface area contributed by atoms with E-state index in [1.807, 2.05) is 12.1 Å². The van der Waals surface area contributed by atoms with Crippen molar-refractivity contribution in [1.29, 1.82) is 0 Å². The summed E-state index contributed by atoms with van der Waals surface area (Å²) in [5.41, 5.74) is 31.5. The molecule has 2 aromatic heterocycles. The second kappa shape index (κ2) is 23.1. The van der Waals surface area contributed by atoms with Gasteiger partial charge in [0, 0.05) is 67.3 Å². The Morgan fingerprint density at radius 3 is 1.11 bits per heavy atom. The molecule has 444 valence electrons. The van der Waals surface area contributed by atoms with Crippen LogP contribution in [0.15, 0.2) is 346 Å². The molecule has 0 aliphatic carbocycles. The first-order chi connectivity index (χ1) is 47.0. The van der Waals surface area contributed by atoms with Gasteiger partial charge in [-0.15, -0.1) is 0 Å². The smallest absolute Gasteiger partial charge is 0.252 e. The molecule has 6 heteroatoms. The van der Waals surface area contributed by atoms with Gasteiger partial charge < -0.3 is 14.4 Å². The van der Waals surface area contributed by atoms with E-state index in [0.29, 0.717) is 5.82 Å².